The number of carbonyl (C=O) groups is 2. The van der Waals surface area contributed by atoms with E-state index in [1.54, 1.807) is 6.07 Å². The Morgan fingerprint density at radius 1 is 1.33 bits per heavy atom. The topological polar surface area (TPSA) is 76.4 Å². The maximum absolute atomic E-state index is 13.1. The maximum atomic E-state index is 13.1. The number of ketones is 2. The maximum Gasteiger partial charge on any atom is 0.586 e. The molecule has 1 aromatic rings. The molecule has 1 saturated carbocycles. The van der Waals surface area contributed by atoms with Crippen LogP contribution in [-0.4, -0.2) is 17.9 Å². The Bertz CT molecular complexity index is 676. The number of hydrogen-bond donors (Lipinski definition) is 0. The van der Waals surface area contributed by atoms with Crippen LogP contribution in [0.1, 0.15) is 23.2 Å². The molecule has 1 fully saturated rings. The Labute approximate surface area is 118 Å². The molecule has 0 aromatic heterocycles. The van der Waals surface area contributed by atoms with Gasteiger partial charge in [0.15, 0.2) is 29.0 Å². The summed E-state index contributed by atoms with van der Waals surface area (Å²) in [5, 5.41) is 9.04. The molecule has 7 heteroatoms. The molecule has 1 atom stereocenters. The predicted octanol–water partition coefficient (Wildman–Crippen LogP) is 2.31. The fourth-order valence-electron chi connectivity index (χ4n) is 2.17. The van der Waals surface area contributed by atoms with Gasteiger partial charge < -0.3 is 9.47 Å². The molecule has 21 heavy (non-hydrogen) atoms. The van der Waals surface area contributed by atoms with Crippen LogP contribution < -0.4 is 9.47 Å². The van der Waals surface area contributed by atoms with Gasteiger partial charge in [0.2, 0.25) is 0 Å². The lowest BCUT2D eigenvalue weighted by molar-refractivity contribution is -0.286. The van der Waals surface area contributed by atoms with E-state index in [0.29, 0.717) is 12.8 Å². The summed E-state index contributed by atoms with van der Waals surface area (Å²) in [6.07, 6.45) is -2.56. The number of hydrogen-bond acceptors (Lipinski definition) is 5. The highest BCUT2D eigenvalue weighted by atomic mass is 19.3. The van der Waals surface area contributed by atoms with Crippen molar-refractivity contribution in [3.8, 4) is 17.6 Å². The van der Waals surface area contributed by atoms with Crippen LogP contribution in [0.15, 0.2) is 18.2 Å². The minimum absolute atomic E-state index is 0.245. The van der Waals surface area contributed by atoms with Gasteiger partial charge in [-0.2, -0.15) is 5.26 Å². The van der Waals surface area contributed by atoms with Gasteiger partial charge in [-0.25, -0.2) is 0 Å². The third-order valence-corrected chi connectivity index (χ3v) is 3.35. The second-order valence-corrected chi connectivity index (χ2v) is 4.90. The Balaban J connectivity index is 1.95. The van der Waals surface area contributed by atoms with E-state index in [0.717, 1.165) is 0 Å². The van der Waals surface area contributed by atoms with E-state index in [-0.39, 0.29) is 17.2 Å². The quantitative estimate of drug-likeness (QED) is 0.629. The Hall–Kier alpha value is -2.49. The molecule has 1 heterocycles. The molecule has 3 rings (SSSR count). The average molecular weight is 293 g/mol. The molecule has 1 aromatic carbocycles. The molecule has 0 N–H and O–H groups in total. The predicted molar refractivity (Wildman–Crippen MR) is 63.8 cm³/mol. The zero-order chi connectivity index (χ0) is 15.2. The summed E-state index contributed by atoms with van der Waals surface area (Å²) in [6, 6.07) is 5.43. The number of ether oxygens (including phenoxy) is 2. The van der Waals surface area contributed by atoms with Crippen molar-refractivity contribution >= 4 is 11.6 Å². The highest BCUT2D eigenvalue weighted by Gasteiger charge is 2.46. The van der Waals surface area contributed by atoms with Gasteiger partial charge in [0.1, 0.15) is 0 Å². The lowest BCUT2D eigenvalue weighted by atomic mass is 9.92. The summed E-state index contributed by atoms with van der Waals surface area (Å²) in [7, 11) is 0. The van der Waals surface area contributed by atoms with Crippen molar-refractivity contribution in [2.45, 2.75) is 19.1 Å². The number of fused-ring (bicyclic) bond motifs is 1. The van der Waals surface area contributed by atoms with Gasteiger partial charge in [0.25, 0.3) is 0 Å². The van der Waals surface area contributed by atoms with Gasteiger partial charge in [0.05, 0.1) is 11.6 Å². The number of halogens is 2. The molecule has 0 saturated heterocycles. The first-order chi connectivity index (χ1) is 9.93. The van der Waals surface area contributed by atoms with E-state index < -0.39 is 29.5 Å². The Kier molecular flexibility index (Phi) is 2.90. The van der Waals surface area contributed by atoms with E-state index in [9.17, 15) is 18.4 Å². The molecule has 0 amide bonds. The van der Waals surface area contributed by atoms with Gasteiger partial charge in [-0.15, -0.1) is 8.78 Å². The van der Waals surface area contributed by atoms with Crippen molar-refractivity contribution in [3.63, 3.8) is 0 Å². The number of nitrogens with zero attached hydrogens (tertiary/aromatic N) is 1. The second kappa shape index (κ2) is 4.52. The Morgan fingerprint density at radius 2 is 2.05 bits per heavy atom. The number of Topliss-reactive ketones (excluding diaryl/α,β-unsaturated/α-hetero) is 2. The van der Waals surface area contributed by atoms with Gasteiger partial charge in [-0.1, -0.05) is 6.07 Å². The molecule has 108 valence electrons. The summed E-state index contributed by atoms with van der Waals surface area (Å²) < 4.78 is 34.7. The number of para-hydroxylation sites is 1. The van der Waals surface area contributed by atoms with Gasteiger partial charge in [-0.3, -0.25) is 9.59 Å². The third-order valence-electron chi connectivity index (χ3n) is 3.35. The van der Waals surface area contributed by atoms with Crippen LogP contribution in [-0.2, 0) is 4.79 Å². The number of benzene rings is 1. The van der Waals surface area contributed by atoms with Gasteiger partial charge >= 0.3 is 6.29 Å². The largest absolute Gasteiger partial charge is 0.586 e. The molecule has 0 bridgehead atoms. The van der Waals surface area contributed by atoms with Crippen molar-refractivity contribution in [1.82, 2.24) is 0 Å². The molecule has 0 spiro atoms. The molecule has 2 aliphatic rings. The third kappa shape index (κ3) is 2.33. The van der Waals surface area contributed by atoms with Crippen LogP contribution in [0.5, 0.6) is 11.5 Å². The highest BCUT2D eigenvalue weighted by Crippen LogP contribution is 2.44. The normalized spacial score (nSPS) is 19.7. The first kappa shape index (κ1) is 13.5. The Morgan fingerprint density at radius 3 is 2.67 bits per heavy atom. The number of nitriles is 1. The van der Waals surface area contributed by atoms with E-state index >= 15 is 0 Å². The first-order valence-corrected chi connectivity index (χ1v) is 6.29. The molecule has 1 unspecified atom stereocenters. The molecule has 0 radical (unpaired) electrons. The molecule has 5 nitrogen and oxygen atoms in total. The number of carbonyl (C=O) groups excluding carboxylic acids is 2. The molecular formula is C14H9F2NO4. The van der Waals surface area contributed by atoms with E-state index in [1.165, 1.54) is 18.2 Å². The lowest BCUT2D eigenvalue weighted by Crippen LogP contribution is -2.27. The summed E-state index contributed by atoms with van der Waals surface area (Å²) in [5.41, 5.74) is -0.245. The van der Waals surface area contributed by atoms with E-state index in [1.807, 2.05) is 0 Å². The average Bonchev–Trinajstić information content (AvgIpc) is 3.20. The number of rotatable bonds is 4. The summed E-state index contributed by atoms with van der Waals surface area (Å²) in [5.74, 6) is -3.81. The van der Waals surface area contributed by atoms with E-state index in [2.05, 4.69) is 9.47 Å². The van der Waals surface area contributed by atoms with Crippen molar-refractivity contribution in [2.24, 2.45) is 11.8 Å². The van der Waals surface area contributed by atoms with Gasteiger partial charge in [-0.05, 0) is 25.0 Å². The zero-order valence-electron chi connectivity index (χ0n) is 10.6. The standard InChI is InChI=1S/C14H9F2NO4/c15-14(16)20-10-3-1-2-8(13(10)21-14)12(19)9(6-17)11(18)7-4-5-7/h1-3,7,9H,4-5H2. The van der Waals surface area contributed by atoms with Crippen molar-refractivity contribution in [3.05, 3.63) is 23.8 Å². The van der Waals surface area contributed by atoms with Crippen LogP contribution in [0, 0.1) is 23.2 Å². The lowest BCUT2D eigenvalue weighted by Gasteiger charge is -2.09. The summed E-state index contributed by atoms with van der Waals surface area (Å²) in [6.45, 7) is 0. The molecule has 1 aliphatic heterocycles. The van der Waals surface area contributed by atoms with Crippen LogP contribution in [0.4, 0.5) is 8.78 Å². The van der Waals surface area contributed by atoms with Crippen molar-refractivity contribution in [1.29, 1.82) is 5.26 Å². The van der Waals surface area contributed by atoms with Crippen LogP contribution in [0.25, 0.3) is 0 Å². The summed E-state index contributed by atoms with van der Waals surface area (Å²) >= 11 is 0. The molecule has 1 aliphatic carbocycles. The minimum Gasteiger partial charge on any atom is -0.395 e. The first-order valence-electron chi connectivity index (χ1n) is 6.29. The monoisotopic (exact) mass is 293 g/mol. The summed E-state index contributed by atoms with van der Waals surface area (Å²) in [4.78, 5) is 24.2. The fraction of sp³-hybridized carbons (Fsp3) is 0.357. The van der Waals surface area contributed by atoms with Gasteiger partial charge in [0, 0.05) is 5.92 Å². The zero-order valence-corrected chi connectivity index (χ0v) is 10.6. The number of alkyl halides is 2. The SMILES string of the molecule is N#CC(C(=O)c1cccc2c1OC(F)(F)O2)C(=O)C1CC1. The van der Waals surface area contributed by atoms with E-state index in [4.69, 9.17) is 5.26 Å². The van der Waals surface area contributed by atoms with Crippen LogP contribution in [0.2, 0.25) is 0 Å². The highest BCUT2D eigenvalue weighted by molar-refractivity contribution is 6.15. The minimum atomic E-state index is -3.86. The van der Waals surface area contributed by atoms with Crippen molar-refractivity contribution < 1.29 is 27.8 Å². The fourth-order valence-corrected chi connectivity index (χ4v) is 2.17. The van der Waals surface area contributed by atoms with Crippen molar-refractivity contribution in [2.75, 3.05) is 0 Å². The smallest absolute Gasteiger partial charge is 0.395 e. The second-order valence-electron chi connectivity index (χ2n) is 4.90. The van der Waals surface area contributed by atoms with Crippen LogP contribution in [0.3, 0.4) is 0 Å². The molecular weight excluding hydrogens is 284 g/mol. The van der Waals surface area contributed by atoms with Crippen LogP contribution >= 0.6 is 0 Å².